The fourth-order valence-corrected chi connectivity index (χ4v) is 5.65. The highest BCUT2D eigenvalue weighted by atomic mass is 31.2. The molecule has 0 aliphatic carbocycles. The molecule has 7 heteroatoms. The predicted molar refractivity (Wildman–Crippen MR) is 179 cm³/mol. The summed E-state index contributed by atoms with van der Waals surface area (Å²) in [4.78, 5) is 20.4. The van der Waals surface area contributed by atoms with Crippen LogP contribution >= 0.6 is 7.82 Å². The van der Waals surface area contributed by atoms with Gasteiger partial charge in [0.25, 0.3) is 0 Å². The van der Waals surface area contributed by atoms with Crippen LogP contribution < -0.4 is 0 Å². The highest BCUT2D eigenvalue weighted by Gasteiger charge is 2.18. The first kappa shape index (κ1) is 43.2. The lowest BCUT2D eigenvalue weighted by atomic mass is 9.94. The number of hydrogen-bond acceptors (Lipinski definition) is 4. The Morgan fingerprint density at radius 2 is 0.878 bits per heavy atom. The number of hydrogen-bond donors (Lipinski definition) is 3. The van der Waals surface area contributed by atoms with Gasteiger partial charge in [-0.15, -0.1) is 0 Å². The largest absolute Gasteiger partial charge is 0.469 e. The maximum atomic E-state index is 11.1. The third kappa shape index (κ3) is 38.0. The van der Waals surface area contributed by atoms with Crippen molar-refractivity contribution in [1.82, 2.24) is 4.90 Å². The van der Waals surface area contributed by atoms with E-state index in [9.17, 15) is 4.57 Å². The van der Waals surface area contributed by atoms with Crippen LogP contribution in [0, 0.1) is 5.92 Å². The van der Waals surface area contributed by atoms with Crippen LogP contribution in [0.15, 0.2) is 0 Å². The van der Waals surface area contributed by atoms with Crippen molar-refractivity contribution >= 4 is 7.82 Å². The third-order valence-corrected chi connectivity index (χ3v) is 8.47. The molecule has 0 bridgehead atoms. The van der Waals surface area contributed by atoms with E-state index in [-0.39, 0.29) is 12.5 Å². The lowest BCUT2D eigenvalue weighted by Gasteiger charge is -2.20. The molecule has 0 amide bonds. The number of rotatable bonds is 31. The van der Waals surface area contributed by atoms with Crippen molar-refractivity contribution in [2.75, 3.05) is 32.8 Å². The van der Waals surface area contributed by atoms with Gasteiger partial charge >= 0.3 is 7.82 Å². The van der Waals surface area contributed by atoms with Crippen molar-refractivity contribution in [3.63, 3.8) is 0 Å². The third-order valence-electron chi connectivity index (χ3n) is 7.98. The number of unbranched alkanes of at least 4 members (excludes halogenated alkanes) is 18. The van der Waals surface area contributed by atoms with Gasteiger partial charge in [0.1, 0.15) is 0 Å². The zero-order valence-electron chi connectivity index (χ0n) is 28.1. The zero-order chi connectivity index (χ0) is 30.9. The van der Waals surface area contributed by atoms with E-state index in [0.717, 1.165) is 45.3 Å². The first-order valence-corrected chi connectivity index (χ1v) is 19.4. The summed E-state index contributed by atoms with van der Waals surface area (Å²) < 4.78 is 15.9. The molecule has 0 saturated heterocycles. The molecule has 0 radical (unpaired) electrons. The summed E-state index contributed by atoms with van der Waals surface area (Å²) in [6.45, 7) is 12.6. The molecule has 3 N–H and O–H groups in total. The Kier molecular flexibility index (Phi) is 36.3. The molecule has 0 saturated carbocycles. The Bertz CT molecular complexity index is 523. The van der Waals surface area contributed by atoms with Crippen LogP contribution in [0.5, 0.6) is 0 Å². The van der Waals surface area contributed by atoms with Gasteiger partial charge in [0.2, 0.25) is 0 Å². The molecule has 0 aliphatic rings. The van der Waals surface area contributed by atoms with Crippen LogP contribution in [0.2, 0.25) is 0 Å². The van der Waals surface area contributed by atoms with Gasteiger partial charge in [0.05, 0.1) is 13.2 Å². The van der Waals surface area contributed by atoms with Crippen molar-refractivity contribution < 1.29 is 24.0 Å². The minimum Gasteiger partial charge on any atom is -0.395 e. The number of aliphatic hydroxyl groups excluding tert-OH is 1. The second-order valence-corrected chi connectivity index (χ2v) is 13.4. The Morgan fingerprint density at radius 1 is 0.537 bits per heavy atom. The summed E-state index contributed by atoms with van der Waals surface area (Å²) in [5.74, 6) is 0.289. The van der Waals surface area contributed by atoms with E-state index in [2.05, 4.69) is 32.6 Å². The number of aliphatic hydroxyl groups is 1. The van der Waals surface area contributed by atoms with Gasteiger partial charge in [0, 0.05) is 6.54 Å². The number of phosphoric ester groups is 1. The molecule has 0 aromatic heterocycles. The quantitative estimate of drug-likeness (QED) is 0.0536. The molecular weight excluding hydrogens is 533 g/mol. The van der Waals surface area contributed by atoms with Crippen LogP contribution in [0.1, 0.15) is 182 Å². The number of phosphoric acid groups is 1. The summed E-state index contributed by atoms with van der Waals surface area (Å²) in [5.41, 5.74) is 0. The average molecular weight is 608 g/mol. The van der Waals surface area contributed by atoms with Crippen LogP contribution in [0.4, 0.5) is 0 Å². The minimum absolute atomic E-state index is 0.207. The molecule has 1 unspecified atom stereocenters. The first-order chi connectivity index (χ1) is 19.8. The Balaban J connectivity index is 0. The summed E-state index contributed by atoms with van der Waals surface area (Å²) in [7, 11) is -4.35. The predicted octanol–water partition coefficient (Wildman–Crippen LogP) is 10.4. The van der Waals surface area contributed by atoms with Crippen molar-refractivity contribution in [3.05, 3.63) is 0 Å². The molecule has 0 aromatic carbocycles. The highest BCUT2D eigenvalue weighted by molar-refractivity contribution is 7.46. The van der Waals surface area contributed by atoms with E-state index in [4.69, 9.17) is 19.4 Å². The van der Waals surface area contributed by atoms with Gasteiger partial charge in [-0.05, 0) is 44.7 Å². The van der Waals surface area contributed by atoms with E-state index in [1.54, 1.807) is 0 Å². The van der Waals surface area contributed by atoms with Gasteiger partial charge in [0.15, 0.2) is 0 Å². The first-order valence-electron chi connectivity index (χ1n) is 17.9. The standard InChI is InChI=1S/C24H51O4P.C10H23NO/c1-3-5-7-9-11-13-14-16-18-20-22-24(23-28-29(25,26)27)21-19-17-15-12-10-8-6-4-2;1-3-5-7-11(9-10-12)8-6-4-2/h24H,3-23H2,1-2H3,(H2,25,26,27);12H,3-10H2,1-2H3. The summed E-state index contributed by atoms with van der Waals surface area (Å²) in [6.07, 6.45) is 30.6. The van der Waals surface area contributed by atoms with Gasteiger partial charge in [-0.2, -0.15) is 0 Å². The van der Waals surface area contributed by atoms with Gasteiger partial charge in [-0.25, -0.2) is 4.57 Å². The van der Waals surface area contributed by atoms with E-state index in [0.29, 0.717) is 6.61 Å². The molecule has 1 atom stereocenters. The van der Waals surface area contributed by atoms with E-state index in [1.807, 2.05) is 0 Å². The van der Waals surface area contributed by atoms with Crippen LogP contribution in [0.3, 0.4) is 0 Å². The Labute approximate surface area is 257 Å². The van der Waals surface area contributed by atoms with E-state index >= 15 is 0 Å². The second kappa shape index (κ2) is 34.5. The van der Waals surface area contributed by atoms with Crippen LogP contribution in [-0.4, -0.2) is 52.6 Å². The van der Waals surface area contributed by atoms with Gasteiger partial charge in [-0.1, -0.05) is 156 Å². The second-order valence-electron chi connectivity index (χ2n) is 12.2. The molecule has 250 valence electrons. The zero-order valence-corrected chi connectivity index (χ0v) is 29.0. The monoisotopic (exact) mass is 608 g/mol. The maximum absolute atomic E-state index is 11.1. The SMILES string of the molecule is CCCCCCCCCCCCC(CCCCCCCCCC)COP(=O)(O)O.CCCCN(CCO)CCCC. The van der Waals surface area contributed by atoms with Gasteiger partial charge in [-0.3, -0.25) is 4.52 Å². The van der Waals surface area contributed by atoms with Gasteiger partial charge < -0.3 is 19.8 Å². The molecule has 0 aromatic rings. The molecule has 6 nitrogen and oxygen atoms in total. The topological polar surface area (TPSA) is 90.2 Å². The molecular formula is C34H74NO5P. The van der Waals surface area contributed by atoms with Crippen molar-refractivity contribution in [3.8, 4) is 0 Å². The average Bonchev–Trinajstić information content (AvgIpc) is 2.95. The van der Waals surface area contributed by atoms with E-state index in [1.165, 1.54) is 128 Å². The fraction of sp³-hybridized carbons (Fsp3) is 1.00. The van der Waals surface area contributed by atoms with E-state index < -0.39 is 7.82 Å². The van der Waals surface area contributed by atoms with Crippen LogP contribution in [0.25, 0.3) is 0 Å². The minimum atomic E-state index is -4.35. The smallest absolute Gasteiger partial charge is 0.395 e. The highest BCUT2D eigenvalue weighted by Crippen LogP contribution is 2.37. The lowest BCUT2D eigenvalue weighted by Crippen LogP contribution is -2.28. The molecule has 41 heavy (non-hydrogen) atoms. The lowest BCUT2D eigenvalue weighted by molar-refractivity contribution is 0.157. The fourth-order valence-electron chi connectivity index (χ4n) is 5.24. The molecule has 0 spiro atoms. The normalized spacial score (nSPS) is 12.5. The maximum Gasteiger partial charge on any atom is 0.469 e. The van der Waals surface area contributed by atoms with Crippen LogP contribution in [-0.2, 0) is 9.09 Å². The number of nitrogens with zero attached hydrogens (tertiary/aromatic N) is 1. The van der Waals surface area contributed by atoms with Crippen molar-refractivity contribution in [2.24, 2.45) is 5.92 Å². The molecule has 0 rings (SSSR count). The Morgan fingerprint density at radius 3 is 1.20 bits per heavy atom. The van der Waals surface area contributed by atoms with Crippen molar-refractivity contribution in [1.29, 1.82) is 0 Å². The molecule has 0 aliphatic heterocycles. The Hall–Kier alpha value is 0.0300. The summed E-state index contributed by atoms with van der Waals surface area (Å²) >= 11 is 0. The summed E-state index contributed by atoms with van der Waals surface area (Å²) in [6, 6.07) is 0. The molecule has 0 fully saturated rings. The molecule has 0 heterocycles. The van der Waals surface area contributed by atoms with Crippen molar-refractivity contribution in [2.45, 2.75) is 182 Å². The summed E-state index contributed by atoms with van der Waals surface area (Å²) in [5, 5.41) is 8.79.